The summed E-state index contributed by atoms with van der Waals surface area (Å²) in [5.41, 5.74) is 1.18. The van der Waals surface area contributed by atoms with Crippen LogP contribution in [0, 0.1) is 5.92 Å². The van der Waals surface area contributed by atoms with Crippen molar-refractivity contribution in [3.05, 3.63) is 35.9 Å². The molecule has 0 radical (unpaired) electrons. The van der Waals surface area contributed by atoms with E-state index in [2.05, 4.69) is 5.32 Å². The average molecular weight is 279 g/mol. The van der Waals surface area contributed by atoms with Gasteiger partial charge in [0.05, 0.1) is 19.3 Å². The van der Waals surface area contributed by atoms with Crippen LogP contribution >= 0.6 is 0 Å². The minimum absolute atomic E-state index is 0.0320. The molecule has 1 aromatic carbocycles. The van der Waals surface area contributed by atoms with Crippen LogP contribution in [-0.2, 0) is 11.2 Å². The number of hydrogen-bond donors (Lipinski definition) is 3. The van der Waals surface area contributed by atoms with E-state index in [-0.39, 0.29) is 12.6 Å². The quantitative estimate of drug-likeness (QED) is 0.597. The minimum atomic E-state index is -0.515. The van der Waals surface area contributed by atoms with E-state index in [1.54, 1.807) is 0 Å². The number of hydrogen-bond acceptors (Lipinski definition) is 4. The second kappa shape index (κ2) is 8.37. The molecule has 0 heterocycles. The summed E-state index contributed by atoms with van der Waals surface area (Å²) in [5, 5.41) is 22.4. The van der Waals surface area contributed by atoms with Crippen LogP contribution in [0.15, 0.2) is 30.3 Å². The van der Waals surface area contributed by atoms with Crippen molar-refractivity contribution in [3.8, 4) is 0 Å². The standard InChI is InChI=1S/C16H25NO3/c18-10-15(8-13-4-2-1-3-5-13)17-9-16(19)12-20-11-14-6-7-14/h1-5,14-19H,6-12H2. The van der Waals surface area contributed by atoms with Gasteiger partial charge in [-0.1, -0.05) is 30.3 Å². The second-order valence-electron chi connectivity index (χ2n) is 5.61. The Hall–Kier alpha value is -0.940. The van der Waals surface area contributed by atoms with E-state index < -0.39 is 6.10 Å². The van der Waals surface area contributed by atoms with Gasteiger partial charge in [-0.2, -0.15) is 0 Å². The van der Waals surface area contributed by atoms with E-state index in [1.807, 2.05) is 30.3 Å². The summed E-state index contributed by atoms with van der Waals surface area (Å²) in [4.78, 5) is 0. The molecule has 112 valence electrons. The Morgan fingerprint density at radius 3 is 2.65 bits per heavy atom. The Bertz CT molecular complexity index is 367. The zero-order valence-corrected chi connectivity index (χ0v) is 11.9. The molecule has 1 aliphatic rings. The number of ether oxygens (including phenoxy) is 1. The molecule has 4 heteroatoms. The molecule has 1 aliphatic carbocycles. The predicted molar refractivity (Wildman–Crippen MR) is 78.6 cm³/mol. The number of aliphatic hydroxyl groups is 2. The molecule has 3 N–H and O–H groups in total. The van der Waals surface area contributed by atoms with Crippen LogP contribution in [0.1, 0.15) is 18.4 Å². The smallest absolute Gasteiger partial charge is 0.0897 e. The van der Waals surface area contributed by atoms with Crippen LogP contribution in [0.2, 0.25) is 0 Å². The van der Waals surface area contributed by atoms with Crippen molar-refractivity contribution >= 4 is 0 Å². The van der Waals surface area contributed by atoms with Crippen LogP contribution in [0.25, 0.3) is 0 Å². The number of aliphatic hydroxyl groups excluding tert-OH is 2. The summed E-state index contributed by atoms with van der Waals surface area (Å²) in [6.45, 7) is 1.64. The number of nitrogens with one attached hydrogen (secondary N) is 1. The maximum absolute atomic E-state index is 9.82. The summed E-state index contributed by atoms with van der Waals surface area (Å²) in [6.07, 6.45) is 2.77. The summed E-state index contributed by atoms with van der Waals surface area (Å²) in [5.74, 6) is 0.721. The molecule has 0 saturated heterocycles. The Kier molecular flexibility index (Phi) is 6.47. The van der Waals surface area contributed by atoms with Gasteiger partial charge in [0, 0.05) is 19.2 Å². The van der Waals surface area contributed by atoms with Gasteiger partial charge in [0.25, 0.3) is 0 Å². The first-order chi connectivity index (χ1) is 9.78. The molecular formula is C16H25NO3. The first kappa shape index (κ1) is 15.4. The third-order valence-electron chi connectivity index (χ3n) is 3.55. The monoisotopic (exact) mass is 279 g/mol. The van der Waals surface area contributed by atoms with Gasteiger partial charge in [-0.15, -0.1) is 0 Å². The van der Waals surface area contributed by atoms with Crippen LogP contribution in [-0.4, -0.2) is 48.7 Å². The maximum atomic E-state index is 9.82. The van der Waals surface area contributed by atoms with Gasteiger partial charge in [-0.25, -0.2) is 0 Å². The van der Waals surface area contributed by atoms with Crippen LogP contribution in [0.4, 0.5) is 0 Å². The zero-order valence-electron chi connectivity index (χ0n) is 11.9. The lowest BCUT2D eigenvalue weighted by atomic mass is 10.1. The van der Waals surface area contributed by atoms with E-state index in [9.17, 15) is 10.2 Å². The molecule has 2 atom stereocenters. The molecule has 0 aromatic heterocycles. The number of benzene rings is 1. The molecule has 1 saturated carbocycles. The summed E-state index contributed by atoms with van der Waals surface area (Å²) < 4.78 is 5.45. The van der Waals surface area contributed by atoms with Crippen LogP contribution in [0.3, 0.4) is 0 Å². The minimum Gasteiger partial charge on any atom is -0.395 e. The van der Waals surface area contributed by atoms with Crippen molar-refractivity contribution in [2.24, 2.45) is 5.92 Å². The molecule has 1 fully saturated rings. The third kappa shape index (κ3) is 6.01. The molecular weight excluding hydrogens is 254 g/mol. The van der Waals surface area contributed by atoms with Gasteiger partial charge < -0.3 is 20.3 Å². The summed E-state index contributed by atoms with van der Waals surface area (Å²) in [7, 11) is 0. The first-order valence-corrected chi connectivity index (χ1v) is 7.42. The Labute approximate surface area is 120 Å². The van der Waals surface area contributed by atoms with Gasteiger partial charge in [0.1, 0.15) is 0 Å². The highest BCUT2D eigenvalue weighted by atomic mass is 16.5. The fraction of sp³-hybridized carbons (Fsp3) is 0.625. The van der Waals surface area contributed by atoms with E-state index in [0.717, 1.165) is 18.9 Å². The van der Waals surface area contributed by atoms with E-state index in [1.165, 1.54) is 18.4 Å². The molecule has 2 unspecified atom stereocenters. The fourth-order valence-corrected chi connectivity index (χ4v) is 2.12. The van der Waals surface area contributed by atoms with Gasteiger partial charge in [-0.3, -0.25) is 0 Å². The largest absolute Gasteiger partial charge is 0.395 e. The molecule has 0 amide bonds. The lowest BCUT2D eigenvalue weighted by Crippen LogP contribution is -2.40. The lowest BCUT2D eigenvalue weighted by molar-refractivity contribution is 0.0302. The topological polar surface area (TPSA) is 61.7 Å². The third-order valence-corrected chi connectivity index (χ3v) is 3.55. The number of rotatable bonds is 10. The second-order valence-corrected chi connectivity index (χ2v) is 5.61. The van der Waals surface area contributed by atoms with Crippen molar-refractivity contribution in [1.29, 1.82) is 0 Å². The Balaban J connectivity index is 1.61. The molecule has 0 bridgehead atoms. The van der Waals surface area contributed by atoms with Crippen LogP contribution in [0.5, 0.6) is 0 Å². The molecule has 0 spiro atoms. The normalized spacial score (nSPS) is 17.9. The van der Waals surface area contributed by atoms with Crippen LogP contribution < -0.4 is 5.32 Å². The van der Waals surface area contributed by atoms with E-state index >= 15 is 0 Å². The van der Waals surface area contributed by atoms with Crippen molar-refractivity contribution in [1.82, 2.24) is 5.32 Å². The van der Waals surface area contributed by atoms with Gasteiger partial charge in [-0.05, 0) is 30.7 Å². The van der Waals surface area contributed by atoms with Gasteiger partial charge in [0.2, 0.25) is 0 Å². The summed E-state index contributed by atoms with van der Waals surface area (Å²) in [6, 6.07) is 10.0. The molecule has 1 aromatic rings. The van der Waals surface area contributed by atoms with Gasteiger partial charge >= 0.3 is 0 Å². The highest BCUT2D eigenvalue weighted by molar-refractivity contribution is 5.15. The Morgan fingerprint density at radius 2 is 2.00 bits per heavy atom. The molecule has 0 aliphatic heterocycles. The highest BCUT2D eigenvalue weighted by Gasteiger charge is 2.21. The predicted octanol–water partition coefficient (Wildman–Crippen LogP) is 0.967. The highest BCUT2D eigenvalue weighted by Crippen LogP contribution is 2.28. The SMILES string of the molecule is OCC(Cc1ccccc1)NCC(O)COCC1CC1. The van der Waals surface area contributed by atoms with E-state index in [0.29, 0.717) is 13.2 Å². The van der Waals surface area contributed by atoms with Crippen molar-refractivity contribution in [3.63, 3.8) is 0 Å². The molecule has 2 rings (SSSR count). The van der Waals surface area contributed by atoms with Gasteiger partial charge in [0.15, 0.2) is 0 Å². The fourth-order valence-electron chi connectivity index (χ4n) is 2.12. The van der Waals surface area contributed by atoms with Crippen molar-refractivity contribution in [2.45, 2.75) is 31.4 Å². The lowest BCUT2D eigenvalue weighted by Gasteiger charge is -2.19. The maximum Gasteiger partial charge on any atom is 0.0897 e. The van der Waals surface area contributed by atoms with Crippen molar-refractivity contribution in [2.75, 3.05) is 26.4 Å². The van der Waals surface area contributed by atoms with E-state index in [4.69, 9.17) is 4.74 Å². The molecule has 4 nitrogen and oxygen atoms in total. The summed E-state index contributed by atoms with van der Waals surface area (Å²) >= 11 is 0. The van der Waals surface area contributed by atoms with Crippen molar-refractivity contribution < 1.29 is 14.9 Å². The Morgan fingerprint density at radius 1 is 1.25 bits per heavy atom. The first-order valence-electron chi connectivity index (χ1n) is 7.42. The zero-order chi connectivity index (χ0) is 14.2. The average Bonchev–Trinajstić information content (AvgIpc) is 3.28. The molecule has 20 heavy (non-hydrogen) atoms.